The molecule has 2 aliphatic rings. The quantitative estimate of drug-likeness (QED) is 0.931. The summed E-state index contributed by atoms with van der Waals surface area (Å²) in [7, 11) is 3.74. The monoisotopic (exact) mass is 317 g/mol. The first-order valence-electron chi connectivity index (χ1n) is 8.59. The summed E-state index contributed by atoms with van der Waals surface area (Å²) in [5.41, 5.74) is 2.12. The molecule has 0 heterocycles. The van der Waals surface area contributed by atoms with Crippen molar-refractivity contribution in [2.24, 2.45) is 11.8 Å². The second-order valence-corrected chi connectivity index (χ2v) is 7.11. The third-order valence-electron chi connectivity index (χ3n) is 5.96. The summed E-state index contributed by atoms with van der Waals surface area (Å²) in [4.78, 5) is 14.7. The molecular weight excluding hydrogens is 290 g/mol. The highest BCUT2D eigenvalue weighted by Crippen LogP contribution is 2.51. The predicted molar refractivity (Wildman–Crippen MR) is 90.1 cm³/mol. The van der Waals surface area contributed by atoms with E-state index in [0.29, 0.717) is 29.9 Å². The minimum absolute atomic E-state index is 0.108. The molecule has 0 aliphatic heterocycles. The van der Waals surface area contributed by atoms with Crippen molar-refractivity contribution in [2.75, 3.05) is 20.7 Å². The zero-order valence-corrected chi connectivity index (χ0v) is 14.5. The van der Waals surface area contributed by atoms with E-state index >= 15 is 0 Å². The van der Waals surface area contributed by atoms with Gasteiger partial charge in [0.15, 0.2) is 11.5 Å². The van der Waals surface area contributed by atoms with Crippen molar-refractivity contribution in [1.29, 1.82) is 0 Å². The fourth-order valence-electron chi connectivity index (χ4n) is 4.49. The molecule has 1 aromatic carbocycles. The van der Waals surface area contributed by atoms with Crippen molar-refractivity contribution in [3.8, 4) is 11.5 Å². The molecule has 0 saturated heterocycles. The van der Waals surface area contributed by atoms with Crippen LogP contribution in [0.15, 0.2) is 12.1 Å². The summed E-state index contributed by atoms with van der Waals surface area (Å²) in [6, 6.07) is 4.33. The molecule has 1 fully saturated rings. The van der Waals surface area contributed by atoms with E-state index < -0.39 is 0 Å². The fraction of sp³-hybridized carbons (Fsp3) is 0.632. The number of ether oxygens (including phenoxy) is 1. The van der Waals surface area contributed by atoms with Crippen LogP contribution in [0.2, 0.25) is 0 Å². The second kappa shape index (κ2) is 6.16. The maximum atomic E-state index is 12.3. The van der Waals surface area contributed by atoms with E-state index in [1.165, 1.54) is 0 Å². The zero-order valence-electron chi connectivity index (χ0n) is 14.5. The topological polar surface area (TPSA) is 49.8 Å². The van der Waals surface area contributed by atoms with Gasteiger partial charge in [0, 0.05) is 23.9 Å². The number of likely N-dealkylation sites (N-methyl/N-ethyl adjacent to an activating group) is 1. The summed E-state index contributed by atoms with van der Waals surface area (Å²) in [6.07, 6.45) is 2.38. The van der Waals surface area contributed by atoms with Crippen LogP contribution in [0.4, 0.5) is 0 Å². The summed E-state index contributed by atoms with van der Waals surface area (Å²) >= 11 is 0. The molecule has 0 aromatic heterocycles. The second-order valence-electron chi connectivity index (χ2n) is 7.11. The van der Waals surface area contributed by atoms with Crippen molar-refractivity contribution in [1.82, 2.24) is 4.90 Å². The number of rotatable bonds is 3. The Morgan fingerprint density at radius 3 is 2.74 bits per heavy atom. The molecule has 0 bridgehead atoms. The normalized spacial score (nSPS) is 30.0. The Kier molecular flexibility index (Phi) is 4.37. The fourth-order valence-corrected chi connectivity index (χ4v) is 4.49. The summed E-state index contributed by atoms with van der Waals surface area (Å²) in [6.45, 7) is 5.21. The van der Waals surface area contributed by atoms with Crippen molar-refractivity contribution in [3.05, 3.63) is 23.3 Å². The molecule has 2 unspecified atom stereocenters. The number of aromatic hydroxyl groups is 1. The Balaban J connectivity index is 2.09. The standard InChI is InChI=1S/C19H27NO3/c1-5-20(3)15-9-12-6-7-17(23-4)19(22)18(12)14-10-16(21)11(2)8-13(14)15/h6-7,11,13-15,22H,5,8-10H2,1-4H3/t11?,13-,14?,15-/m0/s1. The molecule has 4 heteroatoms. The minimum Gasteiger partial charge on any atom is -0.504 e. The number of benzene rings is 1. The number of carbonyl (C=O) groups excluding carboxylic acids is 1. The van der Waals surface area contributed by atoms with Gasteiger partial charge in [-0.15, -0.1) is 0 Å². The molecule has 126 valence electrons. The molecule has 4 atom stereocenters. The van der Waals surface area contributed by atoms with Crippen molar-refractivity contribution < 1.29 is 14.6 Å². The van der Waals surface area contributed by atoms with Gasteiger partial charge in [-0.05, 0) is 49.9 Å². The molecule has 0 spiro atoms. The average molecular weight is 317 g/mol. The molecule has 4 nitrogen and oxygen atoms in total. The summed E-state index contributed by atoms with van der Waals surface area (Å²) < 4.78 is 5.29. The van der Waals surface area contributed by atoms with Crippen LogP contribution in [0.3, 0.4) is 0 Å². The van der Waals surface area contributed by atoms with Crippen LogP contribution in [0.25, 0.3) is 0 Å². The Morgan fingerprint density at radius 2 is 2.09 bits per heavy atom. The van der Waals surface area contributed by atoms with E-state index in [9.17, 15) is 9.90 Å². The van der Waals surface area contributed by atoms with Gasteiger partial charge in [0.25, 0.3) is 0 Å². The lowest BCUT2D eigenvalue weighted by Gasteiger charge is -2.47. The van der Waals surface area contributed by atoms with Crippen molar-refractivity contribution >= 4 is 5.78 Å². The SMILES string of the molecule is CCN(C)[C@H]1Cc2ccc(OC)c(O)c2C2CC(=O)C(C)C[C@@H]21. The van der Waals surface area contributed by atoms with E-state index in [2.05, 4.69) is 24.9 Å². The Hall–Kier alpha value is -1.55. The van der Waals surface area contributed by atoms with Gasteiger partial charge in [0.2, 0.25) is 0 Å². The number of Topliss-reactive ketones (excluding diaryl/α,β-unsaturated/α-hetero) is 1. The summed E-state index contributed by atoms with van der Waals surface area (Å²) in [5, 5.41) is 10.7. The van der Waals surface area contributed by atoms with Gasteiger partial charge >= 0.3 is 0 Å². The molecule has 0 amide bonds. The molecule has 1 N–H and O–H groups in total. The number of hydrogen-bond acceptors (Lipinski definition) is 4. The number of ketones is 1. The van der Waals surface area contributed by atoms with Gasteiger partial charge in [-0.1, -0.05) is 19.9 Å². The number of hydrogen-bond donors (Lipinski definition) is 1. The molecular formula is C19H27NO3. The number of phenols is 1. The first kappa shape index (κ1) is 16.3. The van der Waals surface area contributed by atoms with Crippen LogP contribution >= 0.6 is 0 Å². The van der Waals surface area contributed by atoms with Crippen LogP contribution in [-0.4, -0.2) is 42.5 Å². The Morgan fingerprint density at radius 1 is 1.35 bits per heavy atom. The lowest BCUT2D eigenvalue weighted by atomic mass is 9.62. The van der Waals surface area contributed by atoms with Crippen LogP contribution in [0, 0.1) is 11.8 Å². The molecule has 2 aliphatic carbocycles. The van der Waals surface area contributed by atoms with Gasteiger partial charge in [-0.2, -0.15) is 0 Å². The van der Waals surface area contributed by atoms with Crippen molar-refractivity contribution in [2.45, 2.75) is 45.1 Å². The number of methoxy groups -OCH3 is 1. The number of phenolic OH excluding ortho intramolecular Hbond substituents is 1. The molecule has 1 aromatic rings. The maximum absolute atomic E-state index is 12.3. The van der Waals surface area contributed by atoms with Crippen LogP contribution in [0.1, 0.15) is 43.7 Å². The van der Waals surface area contributed by atoms with Crippen molar-refractivity contribution in [3.63, 3.8) is 0 Å². The van der Waals surface area contributed by atoms with Crippen LogP contribution in [-0.2, 0) is 11.2 Å². The Bertz CT molecular complexity index is 613. The van der Waals surface area contributed by atoms with E-state index in [1.807, 2.05) is 13.0 Å². The highest BCUT2D eigenvalue weighted by molar-refractivity contribution is 5.83. The summed E-state index contributed by atoms with van der Waals surface area (Å²) in [5.74, 6) is 1.71. The molecule has 0 radical (unpaired) electrons. The molecule has 1 saturated carbocycles. The maximum Gasteiger partial charge on any atom is 0.161 e. The van der Waals surface area contributed by atoms with Gasteiger partial charge in [-0.25, -0.2) is 0 Å². The number of fused-ring (bicyclic) bond motifs is 3. The van der Waals surface area contributed by atoms with Gasteiger partial charge in [-0.3, -0.25) is 4.79 Å². The highest BCUT2D eigenvalue weighted by Gasteiger charge is 2.45. The number of carbonyl (C=O) groups is 1. The minimum atomic E-state index is 0.108. The van der Waals surface area contributed by atoms with E-state index in [-0.39, 0.29) is 17.6 Å². The molecule has 23 heavy (non-hydrogen) atoms. The smallest absolute Gasteiger partial charge is 0.161 e. The third kappa shape index (κ3) is 2.63. The van der Waals surface area contributed by atoms with Gasteiger partial charge in [0.05, 0.1) is 7.11 Å². The van der Waals surface area contributed by atoms with Gasteiger partial charge < -0.3 is 14.7 Å². The highest BCUT2D eigenvalue weighted by atomic mass is 16.5. The third-order valence-corrected chi connectivity index (χ3v) is 5.96. The van der Waals surface area contributed by atoms with E-state index in [1.54, 1.807) is 7.11 Å². The molecule has 3 rings (SSSR count). The first-order valence-corrected chi connectivity index (χ1v) is 8.59. The predicted octanol–water partition coefficient (Wildman–Crippen LogP) is 2.98. The largest absolute Gasteiger partial charge is 0.504 e. The van der Waals surface area contributed by atoms with E-state index in [4.69, 9.17) is 4.74 Å². The number of nitrogens with zero attached hydrogens (tertiary/aromatic N) is 1. The average Bonchev–Trinajstić information content (AvgIpc) is 2.55. The zero-order chi connectivity index (χ0) is 16.7. The van der Waals surface area contributed by atoms with Crippen LogP contribution < -0.4 is 4.74 Å². The Labute approximate surface area is 138 Å². The van der Waals surface area contributed by atoms with Gasteiger partial charge in [0.1, 0.15) is 5.78 Å². The lowest BCUT2D eigenvalue weighted by Crippen LogP contribution is -2.48. The van der Waals surface area contributed by atoms with E-state index in [0.717, 1.165) is 30.5 Å². The first-order chi connectivity index (χ1) is 11.0. The lowest BCUT2D eigenvalue weighted by molar-refractivity contribution is -0.126. The van der Waals surface area contributed by atoms with Crippen LogP contribution in [0.5, 0.6) is 11.5 Å².